The Morgan fingerprint density at radius 1 is 1.12 bits per heavy atom. The molecular weight excluding hydrogens is 212 g/mol. The summed E-state index contributed by atoms with van der Waals surface area (Å²) < 4.78 is 0. The van der Waals surface area contributed by atoms with Gasteiger partial charge >= 0.3 is 0 Å². The van der Waals surface area contributed by atoms with E-state index < -0.39 is 0 Å². The summed E-state index contributed by atoms with van der Waals surface area (Å²) in [4.78, 5) is 13.5. The lowest BCUT2D eigenvalue weighted by Gasteiger charge is -2.23. The van der Waals surface area contributed by atoms with Crippen LogP contribution in [0.15, 0.2) is 0 Å². The van der Waals surface area contributed by atoms with Crippen LogP contribution in [-0.2, 0) is 4.79 Å². The summed E-state index contributed by atoms with van der Waals surface area (Å²) in [6, 6.07) is 0.707. The van der Waals surface area contributed by atoms with Crippen LogP contribution in [0.3, 0.4) is 0 Å². The second kappa shape index (κ2) is 8.51. The van der Waals surface area contributed by atoms with Crippen molar-refractivity contribution < 1.29 is 4.79 Å². The van der Waals surface area contributed by atoms with Crippen molar-refractivity contribution in [1.82, 2.24) is 10.2 Å². The lowest BCUT2D eigenvalue weighted by Crippen LogP contribution is -2.41. The molecule has 1 N–H and O–H groups in total. The van der Waals surface area contributed by atoms with Crippen LogP contribution in [0, 0.1) is 5.92 Å². The largest absolute Gasteiger partial charge is 0.342 e. The van der Waals surface area contributed by atoms with E-state index in [0.29, 0.717) is 12.6 Å². The molecule has 3 nitrogen and oxygen atoms in total. The maximum Gasteiger partial charge on any atom is 0.236 e. The van der Waals surface area contributed by atoms with Gasteiger partial charge in [-0.05, 0) is 33.1 Å². The van der Waals surface area contributed by atoms with Crippen molar-refractivity contribution in [2.24, 2.45) is 5.92 Å². The van der Waals surface area contributed by atoms with Gasteiger partial charge in [-0.15, -0.1) is 0 Å². The first-order valence-corrected chi connectivity index (χ1v) is 6.83. The van der Waals surface area contributed by atoms with E-state index in [1.54, 1.807) is 4.90 Å². The minimum atomic E-state index is 0.177. The lowest BCUT2D eigenvalue weighted by atomic mass is 10.0. The predicted molar refractivity (Wildman–Crippen MR) is 74.1 cm³/mol. The van der Waals surface area contributed by atoms with E-state index in [1.807, 2.05) is 20.9 Å². The third-order valence-corrected chi connectivity index (χ3v) is 3.19. The average Bonchev–Trinajstić information content (AvgIpc) is 2.24. The van der Waals surface area contributed by atoms with Crippen molar-refractivity contribution in [3.8, 4) is 0 Å². The summed E-state index contributed by atoms with van der Waals surface area (Å²) in [5.41, 5.74) is 0. The molecule has 0 aromatic heterocycles. The highest BCUT2D eigenvalue weighted by atomic mass is 16.2. The summed E-state index contributed by atoms with van der Waals surface area (Å²) in [6.45, 7) is 11.2. The predicted octanol–water partition coefficient (Wildman–Crippen LogP) is 2.66. The van der Waals surface area contributed by atoms with Crippen LogP contribution in [0.5, 0.6) is 0 Å². The Balaban J connectivity index is 3.69. The molecule has 0 aromatic rings. The molecular formula is C14H30N2O. The summed E-state index contributed by atoms with van der Waals surface area (Å²) >= 11 is 0. The zero-order valence-electron chi connectivity index (χ0n) is 12.4. The van der Waals surface area contributed by atoms with Crippen LogP contribution in [0.1, 0.15) is 53.9 Å². The molecule has 1 atom stereocenters. The van der Waals surface area contributed by atoms with E-state index in [2.05, 4.69) is 26.1 Å². The first-order valence-electron chi connectivity index (χ1n) is 6.83. The SMILES string of the molecule is CC(C)CCCC(C)NCC(=O)N(C)C(C)C. The molecule has 0 fully saturated rings. The molecule has 3 heteroatoms. The standard InChI is InChI=1S/C14H30N2O/c1-11(2)8-7-9-13(5)15-10-14(17)16(6)12(3)4/h11-13,15H,7-10H2,1-6H3. The molecule has 0 bridgehead atoms. The van der Waals surface area contributed by atoms with Crippen molar-refractivity contribution in [2.75, 3.05) is 13.6 Å². The molecule has 102 valence electrons. The van der Waals surface area contributed by atoms with Gasteiger partial charge in [-0.3, -0.25) is 4.79 Å². The maximum absolute atomic E-state index is 11.7. The molecule has 0 heterocycles. The molecule has 17 heavy (non-hydrogen) atoms. The summed E-state index contributed by atoms with van der Waals surface area (Å²) in [5, 5.41) is 3.30. The number of likely N-dealkylation sites (N-methyl/N-ethyl adjacent to an activating group) is 1. The number of hydrogen-bond donors (Lipinski definition) is 1. The average molecular weight is 242 g/mol. The number of amides is 1. The van der Waals surface area contributed by atoms with Gasteiger partial charge in [0.1, 0.15) is 0 Å². The Morgan fingerprint density at radius 2 is 1.71 bits per heavy atom. The number of nitrogens with one attached hydrogen (secondary N) is 1. The molecule has 0 aliphatic carbocycles. The third kappa shape index (κ3) is 8.19. The van der Waals surface area contributed by atoms with E-state index in [4.69, 9.17) is 0 Å². The Hall–Kier alpha value is -0.570. The number of carbonyl (C=O) groups is 1. The maximum atomic E-state index is 11.7. The summed E-state index contributed by atoms with van der Waals surface area (Å²) in [6.07, 6.45) is 3.66. The van der Waals surface area contributed by atoms with E-state index in [9.17, 15) is 4.79 Å². The molecule has 0 aliphatic rings. The number of nitrogens with zero attached hydrogens (tertiary/aromatic N) is 1. The first kappa shape index (κ1) is 16.4. The molecule has 0 saturated carbocycles. The Bertz CT molecular complexity index is 214. The zero-order chi connectivity index (χ0) is 13.4. The number of carbonyl (C=O) groups excluding carboxylic acids is 1. The van der Waals surface area contributed by atoms with Gasteiger partial charge in [-0.1, -0.05) is 26.7 Å². The monoisotopic (exact) mass is 242 g/mol. The second-order valence-electron chi connectivity index (χ2n) is 5.71. The van der Waals surface area contributed by atoms with Gasteiger partial charge in [0, 0.05) is 19.1 Å². The molecule has 0 aliphatic heterocycles. The lowest BCUT2D eigenvalue weighted by molar-refractivity contribution is -0.130. The summed E-state index contributed by atoms with van der Waals surface area (Å²) in [5.74, 6) is 0.951. The van der Waals surface area contributed by atoms with Gasteiger partial charge in [0.2, 0.25) is 5.91 Å². The van der Waals surface area contributed by atoms with Crippen LogP contribution < -0.4 is 5.32 Å². The fourth-order valence-corrected chi connectivity index (χ4v) is 1.61. The molecule has 0 spiro atoms. The minimum Gasteiger partial charge on any atom is -0.342 e. The van der Waals surface area contributed by atoms with E-state index in [1.165, 1.54) is 12.8 Å². The highest BCUT2D eigenvalue weighted by Crippen LogP contribution is 2.08. The number of rotatable bonds is 8. The zero-order valence-corrected chi connectivity index (χ0v) is 12.4. The van der Waals surface area contributed by atoms with E-state index in [0.717, 1.165) is 12.3 Å². The molecule has 0 radical (unpaired) electrons. The highest BCUT2D eigenvalue weighted by molar-refractivity contribution is 5.78. The minimum absolute atomic E-state index is 0.177. The molecule has 1 amide bonds. The topological polar surface area (TPSA) is 32.3 Å². The first-order chi connectivity index (χ1) is 7.84. The van der Waals surface area contributed by atoms with Gasteiger partial charge in [0.05, 0.1) is 6.54 Å². The summed E-state index contributed by atoms with van der Waals surface area (Å²) in [7, 11) is 1.86. The fourth-order valence-electron chi connectivity index (χ4n) is 1.61. The fraction of sp³-hybridized carbons (Fsp3) is 0.929. The van der Waals surface area contributed by atoms with Crippen molar-refractivity contribution in [3.63, 3.8) is 0 Å². The van der Waals surface area contributed by atoms with Crippen molar-refractivity contribution >= 4 is 5.91 Å². The second-order valence-corrected chi connectivity index (χ2v) is 5.71. The van der Waals surface area contributed by atoms with E-state index in [-0.39, 0.29) is 11.9 Å². The molecule has 0 saturated heterocycles. The van der Waals surface area contributed by atoms with Crippen molar-refractivity contribution in [1.29, 1.82) is 0 Å². The third-order valence-electron chi connectivity index (χ3n) is 3.19. The van der Waals surface area contributed by atoms with Gasteiger partial charge < -0.3 is 10.2 Å². The van der Waals surface area contributed by atoms with Crippen molar-refractivity contribution in [2.45, 2.75) is 66.0 Å². The van der Waals surface area contributed by atoms with Crippen LogP contribution in [0.4, 0.5) is 0 Å². The van der Waals surface area contributed by atoms with E-state index >= 15 is 0 Å². The van der Waals surface area contributed by atoms with Gasteiger partial charge in [-0.25, -0.2) is 0 Å². The van der Waals surface area contributed by atoms with Crippen LogP contribution in [0.25, 0.3) is 0 Å². The number of hydrogen-bond acceptors (Lipinski definition) is 2. The Labute approximate surface area is 107 Å². The van der Waals surface area contributed by atoms with Gasteiger partial charge in [-0.2, -0.15) is 0 Å². The van der Waals surface area contributed by atoms with Gasteiger partial charge in [0.25, 0.3) is 0 Å². The molecule has 1 unspecified atom stereocenters. The van der Waals surface area contributed by atoms with Crippen LogP contribution >= 0.6 is 0 Å². The van der Waals surface area contributed by atoms with Crippen LogP contribution in [0.2, 0.25) is 0 Å². The quantitative estimate of drug-likeness (QED) is 0.709. The normalized spacial score (nSPS) is 13.2. The van der Waals surface area contributed by atoms with Crippen LogP contribution in [-0.4, -0.2) is 36.5 Å². The smallest absolute Gasteiger partial charge is 0.236 e. The van der Waals surface area contributed by atoms with Gasteiger partial charge in [0.15, 0.2) is 0 Å². The molecule has 0 rings (SSSR count). The Morgan fingerprint density at radius 3 is 2.18 bits per heavy atom. The van der Waals surface area contributed by atoms with Crippen molar-refractivity contribution in [3.05, 3.63) is 0 Å². The highest BCUT2D eigenvalue weighted by Gasteiger charge is 2.12. The Kier molecular flexibility index (Phi) is 8.23. The molecule has 0 aromatic carbocycles.